The van der Waals surface area contributed by atoms with Gasteiger partial charge in [-0.15, -0.1) is 0 Å². The summed E-state index contributed by atoms with van der Waals surface area (Å²) in [5.74, 6) is -1.93. The van der Waals surface area contributed by atoms with E-state index in [1.54, 1.807) is 0 Å². The first kappa shape index (κ1) is 20.6. The Hall–Kier alpha value is -3.70. The van der Waals surface area contributed by atoms with Crippen LogP contribution in [-0.4, -0.2) is 28.0 Å². The normalized spacial score (nSPS) is 11.0. The fraction of sp³-hybridized carbons (Fsp3) is 0.188. The Morgan fingerprint density at radius 3 is 2.54 bits per heavy atom. The van der Waals surface area contributed by atoms with E-state index in [0.29, 0.717) is 6.07 Å². The molecule has 0 saturated carbocycles. The minimum absolute atomic E-state index is 0.281. The molecule has 148 valence electrons. The Bertz CT molecular complexity index is 971. The highest BCUT2D eigenvalue weighted by atomic mass is 19.4. The Balaban J connectivity index is 2.01. The Kier molecular flexibility index (Phi) is 6.13. The topological polar surface area (TPSA) is 121 Å². The van der Waals surface area contributed by atoms with E-state index in [9.17, 15) is 37.7 Å². The number of anilines is 1. The SMILES string of the molecule is O=C(COC(=O)Cn1ccccc1=O)Nc1ccc(C(F)(F)F)cc1[N+](=O)[O-]. The number of aromatic nitrogens is 1. The molecular formula is C16H12F3N3O6. The summed E-state index contributed by atoms with van der Waals surface area (Å²) in [7, 11) is 0. The number of pyridine rings is 1. The van der Waals surface area contributed by atoms with Gasteiger partial charge in [0.15, 0.2) is 6.61 Å². The van der Waals surface area contributed by atoms with Crippen molar-refractivity contribution in [1.82, 2.24) is 4.57 Å². The number of nitrogens with one attached hydrogen (secondary N) is 1. The highest BCUT2D eigenvalue weighted by Gasteiger charge is 2.33. The quantitative estimate of drug-likeness (QED) is 0.450. The molecule has 0 atom stereocenters. The van der Waals surface area contributed by atoms with Crippen molar-refractivity contribution in [3.05, 3.63) is 68.6 Å². The molecule has 1 aromatic heterocycles. The predicted octanol–water partition coefficient (Wildman–Crippen LogP) is 1.96. The maximum absolute atomic E-state index is 12.7. The highest BCUT2D eigenvalue weighted by Crippen LogP contribution is 2.34. The summed E-state index contributed by atoms with van der Waals surface area (Å²) in [5.41, 5.74) is -3.18. The van der Waals surface area contributed by atoms with Crippen LogP contribution >= 0.6 is 0 Å². The molecule has 0 aliphatic heterocycles. The van der Waals surface area contributed by atoms with Crippen molar-refractivity contribution in [2.45, 2.75) is 12.7 Å². The van der Waals surface area contributed by atoms with Crippen LogP contribution in [0.5, 0.6) is 0 Å². The lowest BCUT2D eigenvalue weighted by Gasteiger charge is -2.10. The third kappa shape index (κ3) is 5.40. The average molecular weight is 399 g/mol. The summed E-state index contributed by atoms with van der Waals surface area (Å²) in [4.78, 5) is 44.8. The highest BCUT2D eigenvalue weighted by molar-refractivity contribution is 5.94. The van der Waals surface area contributed by atoms with E-state index < -0.39 is 58.6 Å². The molecule has 2 aromatic rings. The van der Waals surface area contributed by atoms with Crippen LogP contribution in [0.15, 0.2) is 47.4 Å². The van der Waals surface area contributed by atoms with E-state index in [2.05, 4.69) is 4.74 Å². The van der Waals surface area contributed by atoms with E-state index in [1.165, 1.54) is 24.4 Å². The number of esters is 1. The van der Waals surface area contributed by atoms with Crippen molar-refractivity contribution in [2.75, 3.05) is 11.9 Å². The van der Waals surface area contributed by atoms with Gasteiger partial charge >= 0.3 is 12.1 Å². The zero-order chi connectivity index (χ0) is 20.9. The number of rotatable bonds is 6. The number of nitrogens with zero attached hydrogens (tertiary/aromatic N) is 2. The molecule has 0 bridgehead atoms. The zero-order valence-electron chi connectivity index (χ0n) is 13.9. The molecule has 0 radical (unpaired) electrons. The summed E-state index contributed by atoms with van der Waals surface area (Å²) in [6, 6.07) is 5.76. The second-order valence-electron chi connectivity index (χ2n) is 5.36. The summed E-state index contributed by atoms with van der Waals surface area (Å²) >= 11 is 0. The van der Waals surface area contributed by atoms with E-state index in [-0.39, 0.29) is 6.07 Å². The Morgan fingerprint density at radius 1 is 1.21 bits per heavy atom. The maximum atomic E-state index is 12.7. The second kappa shape index (κ2) is 8.33. The van der Waals surface area contributed by atoms with Gasteiger partial charge in [-0.25, -0.2) is 0 Å². The minimum atomic E-state index is -4.79. The number of alkyl halides is 3. The molecular weight excluding hydrogens is 387 g/mol. The number of hydrogen-bond acceptors (Lipinski definition) is 6. The maximum Gasteiger partial charge on any atom is 0.416 e. The smallest absolute Gasteiger partial charge is 0.416 e. The summed E-state index contributed by atoms with van der Waals surface area (Å²) < 4.78 is 43.6. The molecule has 2 rings (SSSR count). The number of hydrogen-bond donors (Lipinski definition) is 1. The predicted molar refractivity (Wildman–Crippen MR) is 88.4 cm³/mol. The lowest BCUT2D eigenvalue weighted by atomic mass is 10.1. The lowest BCUT2D eigenvalue weighted by molar-refractivity contribution is -0.384. The van der Waals surface area contributed by atoms with Crippen LogP contribution in [0.1, 0.15) is 5.56 Å². The van der Waals surface area contributed by atoms with Gasteiger partial charge in [0.2, 0.25) is 0 Å². The summed E-state index contributed by atoms with van der Waals surface area (Å²) in [5, 5.41) is 13.0. The number of amides is 1. The minimum Gasteiger partial charge on any atom is -0.454 e. The van der Waals surface area contributed by atoms with Crippen LogP contribution in [0.3, 0.4) is 0 Å². The van der Waals surface area contributed by atoms with Crippen molar-refractivity contribution in [1.29, 1.82) is 0 Å². The number of carbonyl (C=O) groups excluding carboxylic acids is 2. The largest absolute Gasteiger partial charge is 0.454 e. The van der Waals surface area contributed by atoms with E-state index in [4.69, 9.17) is 0 Å². The van der Waals surface area contributed by atoms with Gasteiger partial charge < -0.3 is 14.6 Å². The van der Waals surface area contributed by atoms with Crippen molar-refractivity contribution < 1.29 is 32.4 Å². The molecule has 0 unspecified atom stereocenters. The first-order chi connectivity index (χ1) is 13.1. The van der Waals surface area contributed by atoms with Gasteiger partial charge in [-0.3, -0.25) is 24.5 Å². The van der Waals surface area contributed by atoms with Crippen LogP contribution in [0.25, 0.3) is 0 Å². The number of ether oxygens (including phenoxy) is 1. The number of carbonyl (C=O) groups is 2. The van der Waals surface area contributed by atoms with Gasteiger partial charge in [-0.05, 0) is 18.2 Å². The van der Waals surface area contributed by atoms with Gasteiger partial charge in [0.25, 0.3) is 17.2 Å². The number of benzene rings is 1. The number of nitro groups is 1. The van der Waals surface area contributed by atoms with Crippen LogP contribution < -0.4 is 10.9 Å². The molecule has 28 heavy (non-hydrogen) atoms. The average Bonchev–Trinajstić information content (AvgIpc) is 2.61. The standard InChI is InChI=1S/C16H12F3N3O6/c17-16(18,19)10-4-5-11(12(7-10)22(26)27)20-13(23)9-28-15(25)8-21-6-2-1-3-14(21)24/h1-7H,8-9H2,(H,20,23). The fourth-order valence-corrected chi connectivity index (χ4v) is 2.07. The first-order valence-electron chi connectivity index (χ1n) is 7.54. The second-order valence-corrected chi connectivity index (χ2v) is 5.36. The third-order valence-electron chi connectivity index (χ3n) is 3.36. The molecule has 1 N–H and O–H groups in total. The van der Waals surface area contributed by atoms with Crippen LogP contribution in [0, 0.1) is 10.1 Å². The van der Waals surface area contributed by atoms with E-state index in [1.807, 2.05) is 5.32 Å². The molecule has 0 fully saturated rings. The van der Waals surface area contributed by atoms with E-state index in [0.717, 1.165) is 10.6 Å². The third-order valence-corrected chi connectivity index (χ3v) is 3.36. The van der Waals surface area contributed by atoms with Gasteiger partial charge in [-0.2, -0.15) is 13.2 Å². The fourth-order valence-electron chi connectivity index (χ4n) is 2.07. The molecule has 0 saturated heterocycles. The number of halogens is 3. The Morgan fingerprint density at radius 2 is 1.93 bits per heavy atom. The summed E-state index contributed by atoms with van der Waals surface area (Å²) in [6.07, 6.45) is -3.46. The zero-order valence-corrected chi connectivity index (χ0v) is 13.9. The van der Waals surface area contributed by atoms with E-state index >= 15 is 0 Å². The molecule has 12 heteroatoms. The van der Waals surface area contributed by atoms with Crippen LogP contribution in [0.2, 0.25) is 0 Å². The number of nitro benzene ring substituents is 1. The van der Waals surface area contributed by atoms with Gasteiger partial charge in [0.05, 0.1) is 10.5 Å². The van der Waals surface area contributed by atoms with Crippen molar-refractivity contribution >= 4 is 23.3 Å². The lowest BCUT2D eigenvalue weighted by Crippen LogP contribution is -2.27. The van der Waals surface area contributed by atoms with Gasteiger partial charge in [0, 0.05) is 18.3 Å². The molecule has 1 heterocycles. The molecule has 1 amide bonds. The van der Waals surface area contributed by atoms with Crippen molar-refractivity contribution in [3.63, 3.8) is 0 Å². The van der Waals surface area contributed by atoms with Gasteiger partial charge in [-0.1, -0.05) is 6.07 Å². The van der Waals surface area contributed by atoms with Crippen molar-refractivity contribution in [2.24, 2.45) is 0 Å². The van der Waals surface area contributed by atoms with Crippen LogP contribution in [0.4, 0.5) is 24.5 Å². The molecule has 0 aliphatic rings. The molecule has 9 nitrogen and oxygen atoms in total. The monoisotopic (exact) mass is 399 g/mol. The molecule has 0 aliphatic carbocycles. The molecule has 0 spiro atoms. The van der Waals surface area contributed by atoms with Crippen LogP contribution in [-0.2, 0) is 27.0 Å². The molecule has 1 aromatic carbocycles. The van der Waals surface area contributed by atoms with Gasteiger partial charge in [0.1, 0.15) is 12.2 Å². The summed E-state index contributed by atoms with van der Waals surface area (Å²) in [6.45, 7) is -1.31. The Labute approximate surface area is 154 Å². The van der Waals surface area contributed by atoms with Crippen molar-refractivity contribution in [3.8, 4) is 0 Å². The first-order valence-corrected chi connectivity index (χ1v) is 7.54.